The van der Waals surface area contributed by atoms with Crippen molar-refractivity contribution in [3.05, 3.63) is 48.0 Å². The lowest BCUT2D eigenvalue weighted by molar-refractivity contribution is -0.474. The Morgan fingerprint density at radius 3 is 1.02 bits per heavy atom. The van der Waals surface area contributed by atoms with Crippen LogP contribution in [0.4, 0.5) is 92.2 Å². The molecule has 0 unspecified atom stereocenters. The monoisotopic (exact) mass is 646 g/mol. The number of fused-ring (bicyclic) bond motifs is 1. The van der Waals surface area contributed by atoms with Gasteiger partial charge in [0.1, 0.15) is 0 Å². The highest BCUT2D eigenvalue weighted by Crippen LogP contribution is 2.67. The zero-order chi connectivity index (χ0) is 32.7. The van der Waals surface area contributed by atoms with Gasteiger partial charge in [-0.1, -0.05) is 42.5 Å². The van der Waals surface area contributed by atoms with Crippen LogP contribution in [0.25, 0.3) is 10.8 Å². The number of benzene rings is 2. The summed E-state index contributed by atoms with van der Waals surface area (Å²) in [6.45, 7) is 0. The second-order valence-corrected chi connectivity index (χ2v) is 8.19. The van der Waals surface area contributed by atoms with Crippen molar-refractivity contribution in [2.45, 2.75) is 59.5 Å². The molecule has 2 rings (SSSR count). The van der Waals surface area contributed by atoms with Crippen molar-refractivity contribution in [2.24, 2.45) is 0 Å². The van der Waals surface area contributed by atoms with Crippen molar-refractivity contribution in [3.8, 4) is 0 Å². The smallest absolute Gasteiger partial charge is 0.194 e. The SMILES string of the molecule is FC(F)(F)C(F)(F)C(F)(F)C(F)(F)C(F)(F)C(F)(F)C(F)(F)C(F)(F)C(F)(F)C(F)(F)c1cccc2ccccc12. The van der Waals surface area contributed by atoms with Crippen LogP contribution >= 0.6 is 0 Å². The summed E-state index contributed by atoms with van der Waals surface area (Å²) >= 11 is 0. The second kappa shape index (κ2) is 9.11. The molecule has 21 heteroatoms. The molecule has 0 radical (unpaired) electrons. The average molecular weight is 646 g/mol. The molecule has 0 saturated carbocycles. The number of hydrogen-bond acceptors (Lipinski definition) is 0. The van der Waals surface area contributed by atoms with E-state index in [9.17, 15) is 92.2 Å². The van der Waals surface area contributed by atoms with Crippen LogP contribution in [0.1, 0.15) is 5.56 Å². The third-order valence-electron chi connectivity index (χ3n) is 5.64. The van der Waals surface area contributed by atoms with Gasteiger partial charge >= 0.3 is 59.5 Å². The number of rotatable bonds is 9. The molecule has 0 N–H and O–H groups in total. The Morgan fingerprint density at radius 2 is 0.634 bits per heavy atom. The largest absolute Gasteiger partial charge is 0.460 e. The van der Waals surface area contributed by atoms with Gasteiger partial charge in [0.25, 0.3) is 0 Å². The molecule has 0 nitrogen and oxygen atoms in total. The topological polar surface area (TPSA) is 0 Å². The summed E-state index contributed by atoms with van der Waals surface area (Å²) in [5.41, 5.74) is -2.37. The summed E-state index contributed by atoms with van der Waals surface area (Å²) in [5, 5.41) is -1.70. The van der Waals surface area contributed by atoms with Gasteiger partial charge in [-0.25, -0.2) is 0 Å². The Morgan fingerprint density at radius 1 is 0.317 bits per heavy atom. The molecule has 0 fully saturated rings. The predicted octanol–water partition coefficient (Wildman–Crippen LogP) is 9.58. The first-order chi connectivity index (χ1) is 17.8. The van der Waals surface area contributed by atoms with Crippen molar-refractivity contribution in [2.75, 3.05) is 0 Å². The van der Waals surface area contributed by atoms with Crippen LogP contribution in [0.5, 0.6) is 0 Å². The second-order valence-electron chi connectivity index (χ2n) is 8.19. The first-order valence-corrected chi connectivity index (χ1v) is 9.79. The fourth-order valence-corrected chi connectivity index (χ4v) is 3.23. The molecule has 0 spiro atoms. The van der Waals surface area contributed by atoms with Gasteiger partial charge in [0.2, 0.25) is 0 Å². The van der Waals surface area contributed by atoms with Gasteiger partial charge in [0.15, 0.2) is 0 Å². The Balaban J connectivity index is 2.76. The van der Waals surface area contributed by atoms with E-state index in [1.54, 1.807) is 0 Å². The summed E-state index contributed by atoms with van der Waals surface area (Å²) in [5.74, 6) is -77.2. The molecule has 0 atom stereocenters. The van der Waals surface area contributed by atoms with Crippen molar-refractivity contribution in [1.29, 1.82) is 0 Å². The molecule has 0 aliphatic heterocycles. The molecule has 234 valence electrons. The van der Waals surface area contributed by atoms with Crippen molar-refractivity contribution >= 4 is 10.8 Å². The molecular formula is C20H7F21. The number of alkyl halides is 21. The van der Waals surface area contributed by atoms with Gasteiger partial charge in [0, 0.05) is 5.56 Å². The van der Waals surface area contributed by atoms with Crippen LogP contribution in [0.2, 0.25) is 0 Å². The fourth-order valence-electron chi connectivity index (χ4n) is 3.23. The highest BCUT2D eigenvalue weighted by molar-refractivity contribution is 5.86. The standard InChI is InChI=1S/C20H7F21/c21-11(22,10-7-3-5-8-4-1-2-6-9(8)10)12(23,24)13(25,26)14(27,28)15(29,30)16(31,32)17(33,34)18(35,36)19(37,38)20(39,40)41/h1-7H. The zero-order valence-electron chi connectivity index (χ0n) is 18.5. The van der Waals surface area contributed by atoms with Gasteiger partial charge in [-0.2, -0.15) is 92.2 Å². The van der Waals surface area contributed by atoms with Crippen LogP contribution in [-0.2, 0) is 5.92 Å². The van der Waals surface area contributed by atoms with Gasteiger partial charge in [0.05, 0.1) is 0 Å². The number of halogens is 21. The third-order valence-corrected chi connectivity index (χ3v) is 5.64. The molecule has 0 saturated heterocycles. The minimum atomic E-state index is -9.18. The molecule has 0 heterocycles. The van der Waals surface area contributed by atoms with Gasteiger partial charge in [-0.05, 0) is 10.8 Å². The van der Waals surface area contributed by atoms with E-state index in [4.69, 9.17) is 0 Å². The minimum Gasteiger partial charge on any atom is -0.194 e. The molecular weight excluding hydrogens is 639 g/mol. The van der Waals surface area contributed by atoms with E-state index in [1.807, 2.05) is 0 Å². The van der Waals surface area contributed by atoms with E-state index in [0.29, 0.717) is 12.1 Å². The number of hydrogen-bond donors (Lipinski definition) is 0. The normalized spacial score (nSPS) is 15.9. The highest BCUT2D eigenvalue weighted by Gasteiger charge is 2.97. The summed E-state index contributed by atoms with van der Waals surface area (Å²) in [6, 6.07) is 4.11. The Bertz CT molecular complexity index is 1260. The fraction of sp³-hybridized carbons (Fsp3) is 0.500. The molecule has 0 aromatic heterocycles. The van der Waals surface area contributed by atoms with E-state index < -0.39 is 75.8 Å². The van der Waals surface area contributed by atoms with Gasteiger partial charge in [-0.15, -0.1) is 0 Å². The molecule has 41 heavy (non-hydrogen) atoms. The Labute approximate surface area is 211 Å². The molecule has 0 aliphatic carbocycles. The van der Waals surface area contributed by atoms with Crippen LogP contribution in [0.15, 0.2) is 42.5 Å². The van der Waals surface area contributed by atoms with Gasteiger partial charge in [-0.3, -0.25) is 0 Å². The summed E-state index contributed by atoms with van der Waals surface area (Å²) in [4.78, 5) is 0. The van der Waals surface area contributed by atoms with E-state index in [2.05, 4.69) is 0 Å². The summed E-state index contributed by atoms with van der Waals surface area (Å²) in [7, 11) is 0. The quantitative estimate of drug-likeness (QED) is 0.238. The maximum absolute atomic E-state index is 14.6. The lowest BCUT2D eigenvalue weighted by atomic mass is 9.84. The first kappa shape index (κ1) is 34.4. The lowest BCUT2D eigenvalue weighted by Crippen LogP contribution is -2.76. The average Bonchev–Trinajstić information content (AvgIpc) is 2.81. The van der Waals surface area contributed by atoms with Crippen LogP contribution < -0.4 is 0 Å². The van der Waals surface area contributed by atoms with Crippen LogP contribution in [0, 0.1) is 0 Å². The lowest BCUT2D eigenvalue weighted by Gasteiger charge is -2.44. The van der Waals surface area contributed by atoms with Crippen LogP contribution in [-0.4, -0.2) is 53.6 Å². The Hall–Kier alpha value is -2.77. The van der Waals surface area contributed by atoms with E-state index in [1.165, 1.54) is 0 Å². The molecule has 2 aromatic carbocycles. The van der Waals surface area contributed by atoms with Crippen LogP contribution in [0.3, 0.4) is 0 Å². The van der Waals surface area contributed by atoms with Gasteiger partial charge < -0.3 is 0 Å². The van der Waals surface area contributed by atoms with E-state index in [-0.39, 0.29) is 6.07 Å². The van der Waals surface area contributed by atoms with Crippen molar-refractivity contribution in [1.82, 2.24) is 0 Å². The van der Waals surface area contributed by atoms with E-state index in [0.717, 1.165) is 24.3 Å². The molecule has 0 aliphatic rings. The zero-order valence-corrected chi connectivity index (χ0v) is 18.5. The Kier molecular flexibility index (Phi) is 7.65. The molecule has 0 amide bonds. The molecule has 0 bridgehead atoms. The summed E-state index contributed by atoms with van der Waals surface area (Å²) in [6.07, 6.45) is -8.01. The minimum absolute atomic E-state index is 0.175. The summed E-state index contributed by atoms with van der Waals surface area (Å²) < 4.78 is 285. The maximum atomic E-state index is 14.6. The molecule has 2 aromatic rings. The first-order valence-electron chi connectivity index (χ1n) is 9.79. The maximum Gasteiger partial charge on any atom is 0.460 e. The van der Waals surface area contributed by atoms with E-state index >= 15 is 0 Å². The third kappa shape index (κ3) is 4.17. The predicted molar refractivity (Wildman–Crippen MR) is 93.5 cm³/mol. The van der Waals surface area contributed by atoms with Crippen molar-refractivity contribution < 1.29 is 92.2 Å². The van der Waals surface area contributed by atoms with Crippen molar-refractivity contribution in [3.63, 3.8) is 0 Å². The highest BCUT2D eigenvalue weighted by atomic mass is 19.4.